The number of benzene rings is 2. The Labute approximate surface area is 143 Å². The molecule has 5 heteroatoms. The molecular weight excluding hydrogens is 312 g/mol. The zero-order valence-corrected chi connectivity index (χ0v) is 14.1. The van der Waals surface area contributed by atoms with E-state index in [9.17, 15) is 0 Å². The maximum atomic E-state index is 5.90. The third-order valence-corrected chi connectivity index (χ3v) is 3.89. The first-order chi connectivity index (χ1) is 10.9. The first-order valence-corrected chi connectivity index (χ1v) is 7.68. The zero-order chi connectivity index (χ0) is 15.2. The van der Waals surface area contributed by atoms with Gasteiger partial charge >= 0.3 is 0 Å². The molecule has 0 fully saturated rings. The van der Waals surface area contributed by atoms with Crippen LogP contribution in [0, 0.1) is 0 Å². The van der Waals surface area contributed by atoms with Crippen LogP contribution in [0.5, 0.6) is 11.5 Å². The number of anilines is 1. The highest BCUT2D eigenvalue weighted by atomic mass is 35.5. The molecule has 1 aliphatic heterocycles. The number of rotatable bonds is 5. The van der Waals surface area contributed by atoms with Gasteiger partial charge in [-0.2, -0.15) is 0 Å². The summed E-state index contributed by atoms with van der Waals surface area (Å²) in [5.41, 5.74) is 2.65. The average Bonchev–Trinajstić information content (AvgIpc) is 2.78. The molecule has 124 valence electrons. The number of halogens is 1. The number of methoxy groups -OCH3 is 1. The van der Waals surface area contributed by atoms with E-state index >= 15 is 0 Å². The first-order valence-electron chi connectivity index (χ1n) is 7.68. The fraction of sp³-hybridized carbons (Fsp3) is 0.333. The quantitative estimate of drug-likeness (QED) is 0.911. The lowest BCUT2D eigenvalue weighted by molar-refractivity contribution is 0.299. The summed E-state index contributed by atoms with van der Waals surface area (Å²) in [6, 6.07) is 16.3. The number of para-hydroxylation sites is 3. The highest BCUT2D eigenvalue weighted by molar-refractivity contribution is 5.85. The second kappa shape index (κ2) is 8.65. The third-order valence-electron chi connectivity index (χ3n) is 3.89. The molecule has 0 amide bonds. The van der Waals surface area contributed by atoms with Crippen molar-refractivity contribution >= 4 is 18.1 Å². The average molecular weight is 335 g/mol. The van der Waals surface area contributed by atoms with Crippen molar-refractivity contribution in [1.29, 1.82) is 0 Å². The number of ether oxygens (including phenoxy) is 2. The van der Waals surface area contributed by atoms with E-state index in [2.05, 4.69) is 34.5 Å². The van der Waals surface area contributed by atoms with Gasteiger partial charge < -0.3 is 19.7 Å². The van der Waals surface area contributed by atoms with E-state index in [1.165, 1.54) is 11.3 Å². The Kier molecular flexibility index (Phi) is 6.56. The molecule has 1 aliphatic rings. The van der Waals surface area contributed by atoms with Gasteiger partial charge in [0.1, 0.15) is 6.61 Å². The lowest BCUT2D eigenvalue weighted by atomic mass is 10.1. The molecule has 0 spiro atoms. The summed E-state index contributed by atoms with van der Waals surface area (Å²) < 4.78 is 11.2. The summed E-state index contributed by atoms with van der Waals surface area (Å²) in [7, 11) is 1.67. The van der Waals surface area contributed by atoms with Crippen molar-refractivity contribution in [2.24, 2.45) is 0 Å². The van der Waals surface area contributed by atoms with Crippen LogP contribution in [0.25, 0.3) is 0 Å². The molecule has 0 aromatic heterocycles. The van der Waals surface area contributed by atoms with Crippen LogP contribution < -0.4 is 19.7 Å². The largest absolute Gasteiger partial charge is 0.493 e. The number of nitrogens with one attached hydrogen (secondary N) is 1. The molecule has 2 aromatic carbocycles. The van der Waals surface area contributed by atoms with Crippen LogP contribution in [0.1, 0.15) is 5.56 Å². The normalized spacial score (nSPS) is 13.5. The van der Waals surface area contributed by atoms with Gasteiger partial charge in [0.05, 0.1) is 13.7 Å². The van der Waals surface area contributed by atoms with Crippen molar-refractivity contribution in [2.45, 2.75) is 6.54 Å². The summed E-state index contributed by atoms with van der Waals surface area (Å²) in [6.45, 7) is 4.40. The van der Waals surface area contributed by atoms with Crippen LogP contribution in [0.4, 0.5) is 5.69 Å². The molecule has 1 heterocycles. The predicted molar refractivity (Wildman–Crippen MR) is 96.1 cm³/mol. The van der Waals surface area contributed by atoms with Crippen LogP contribution in [0.2, 0.25) is 0 Å². The van der Waals surface area contributed by atoms with Crippen LogP contribution in [0.15, 0.2) is 48.5 Å². The summed E-state index contributed by atoms with van der Waals surface area (Å²) in [6.07, 6.45) is 0. The highest BCUT2D eigenvalue weighted by Gasteiger charge is 2.14. The number of fused-ring (bicyclic) bond motifs is 1. The Morgan fingerprint density at radius 2 is 1.78 bits per heavy atom. The Morgan fingerprint density at radius 3 is 2.61 bits per heavy atom. The van der Waals surface area contributed by atoms with Gasteiger partial charge in [0, 0.05) is 25.3 Å². The van der Waals surface area contributed by atoms with E-state index in [-0.39, 0.29) is 12.4 Å². The van der Waals surface area contributed by atoms with Crippen molar-refractivity contribution in [3.63, 3.8) is 0 Å². The van der Waals surface area contributed by atoms with Gasteiger partial charge in [-0.15, -0.1) is 12.4 Å². The minimum absolute atomic E-state index is 0. The van der Waals surface area contributed by atoms with Crippen molar-refractivity contribution < 1.29 is 9.47 Å². The molecule has 1 N–H and O–H groups in total. The van der Waals surface area contributed by atoms with Gasteiger partial charge in [-0.3, -0.25) is 0 Å². The monoisotopic (exact) mass is 334 g/mol. The fourth-order valence-corrected chi connectivity index (χ4v) is 2.76. The van der Waals surface area contributed by atoms with Gasteiger partial charge in [0.2, 0.25) is 0 Å². The maximum Gasteiger partial charge on any atom is 0.161 e. The lowest BCUT2D eigenvalue weighted by Gasteiger charge is -2.24. The first kappa shape index (κ1) is 17.4. The van der Waals surface area contributed by atoms with Crippen LogP contribution in [0.3, 0.4) is 0 Å². The minimum atomic E-state index is 0. The van der Waals surface area contributed by atoms with Crippen molar-refractivity contribution in [3.05, 3.63) is 54.1 Å². The maximum absolute atomic E-state index is 5.90. The van der Waals surface area contributed by atoms with Crippen LogP contribution >= 0.6 is 12.4 Å². The number of hydrogen-bond donors (Lipinski definition) is 1. The Balaban J connectivity index is 0.00000192. The number of nitrogens with zero attached hydrogens (tertiary/aromatic N) is 1. The van der Waals surface area contributed by atoms with Crippen molar-refractivity contribution in [3.8, 4) is 11.5 Å². The summed E-state index contributed by atoms with van der Waals surface area (Å²) in [5, 5.41) is 3.46. The van der Waals surface area contributed by atoms with Gasteiger partial charge in [-0.1, -0.05) is 30.3 Å². The third kappa shape index (κ3) is 4.30. The smallest absolute Gasteiger partial charge is 0.161 e. The molecule has 3 rings (SSSR count). The predicted octanol–water partition coefficient (Wildman–Crippen LogP) is 3.11. The van der Waals surface area contributed by atoms with Crippen molar-refractivity contribution in [1.82, 2.24) is 5.32 Å². The molecule has 0 aliphatic carbocycles. The van der Waals surface area contributed by atoms with E-state index in [1.54, 1.807) is 7.11 Å². The molecule has 2 aromatic rings. The van der Waals surface area contributed by atoms with E-state index in [4.69, 9.17) is 9.47 Å². The summed E-state index contributed by atoms with van der Waals surface area (Å²) in [4.78, 5) is 2.38. The second-order valence-electron chi connectivity index (χ2n) is 5.29. The summed E-state index contributed by atoms with van der Waals surface area (Å²) in [5.74, 6) is 1.58. The van der Waals surface area contributed by atoms with Gasteiger partial charge in [0.15, 0.2) is 11.5 Å². The Bertz CT molecular complexity index is 621. The molecule has 0 saturated carbocycles. The van der Waals surface area contributed by atoms with Crippen LogP contribution in [-0.2, 0) is 6.54 Å². The molecule has 4 nitrogen and oxygen atoms in total. The topological polar surface area (TPSA) is 33.7 Å². The summed E-state index contributed by atoms with van der Waals surface area (Å²) >= 11 is 0. The molecular formula is C18H23ClN2O2. The van der Waals surface area contributed by atoms with E-state index in [0.717, 1.165) is 37.7 Å². The molecule has 0 saturated heterocycles. The van der Waals surface area contributed by atoms with E-state index in [1.807, 2.05) is 24.3 Å². The fourth-order valence-electron chi connectivity index (χ4n) is 2.76. The number of hydrogen-bond acceptors (Lipinski definition) is 4. The SMILES string of the molecule is COc1ccccc1OCCN1CCNCc2ccccc21.Cl. The molecule has 0 bridgehead atoms. The molecule has 0 atom stereocenters. The van der Waals surface area contributed by atoms with E-state index < -0.39 is 0 Å². The van der Waals surface area contributed by atoms with Gasteiger partial charge in [-0.25, -0.2) is 0 Å². The zero-order valence-electron chi connectivity index (χ0n) is 13.3. The van der Waals surface area contributed by atoms with Gasteiger partial charge in [-0.05, 0) is 23.8 Å². The van der Waals surface area contributed by atoms with E-state index in [0.29, 0.717) is 6.61 Å². The molecule has 0 radical (unpaired) electrons. The van der Waals surface area contributed by atoms with Gasteiger partial charge in [0.25, 0.3) is 0 Å². The highest BCUT2D eigenvalue weighted by Crippen LogP contribution is 2.26. The standard InChI is InChI=1S/C18H22N2O2.ClH/c1-21-17-8-4-5-9-18(17)22-13-12-20-11-10-19-14-15-6-2-3-7-16(15)20;/h2-9,19H,10-14H2,1H3;1H. The van der Waals surface area contributed by atoms with Crippen molar-refractivity contribution in [2.75, 3.05) is 38.3 Å². The molecule has 23 heavy (non-hydrogen) atoms. The van der Waals surface area contributed by atoms with Crippen LogP contribution in [-0.4, -0.2) is 33.4 Å². The Hall–Kier alpha value is -1.91. The minimum Gasteiger partial charge on any atom is -0.493 e. The second-order valence-corrected chi connectivity index (χ2v) is 5.29. The molecule has 0 unspecified atom stereocenters. The Morgan fingerprint density at radius 1 is 1.04 bits per heavy atom. The lowest BCUT2D eigenvalue weighted by Crippen LogP contribution is -2.32.